The van der Waals surface area contributed by atoms with Gasteiger partial charge < -0.3 is 0 Å². The fourth-order valence-corrected chi connectivity index (χ4v) is 6.75. The first-order chi connectivity index (χ1) is 15.8. The van der Waals surface area contributed by atoms with Gasteiger partial charge in [-0.25, -0.2) is 0 Å². The van der Waals surface area contributed by atoms with Crippen molar-refractivity contribution < 1.29 is 9.53 Å². The molecule has 0 atom stereocenters. The number of allylic oxidation sites excluding steroid dienone is 2. The summed E-state index contributed by atoms with van der Waals surface area (Å²) in [5.41, 5.74) is 7.15. The molecule has 0 aromatic heterocycles. The third kappa shape index (κ3) is 3.06. The van der Waals surface area contributed by atoms with Crippen LogP contribution in [0.25, 0.3) is 21.4 Å². The molecular formula is C29H18O2Se. The normalized spacial score (nSPS) is 16.7. The van der Waals surface area contributed by atoms with Gasteiger partial charge in [0.1, 0.15) is 0 Å². The van der Waals surface area contributed by atoms with E-state index < -0.39 is 0 Å². The van der Waals surface area contributed by atoms with Crippen LogP contribution in [0.15, 0.2) is 109 Å². The van der Waals surface area contributed by atoms with Gasteiger partial charge in [0.2, 0.25) is 0 Å². The zero-order valence-corrected chi connectivity index (χ0v) is 18.8. The number of benzene rings is 4. The third-order valence-electron chi connectivity index (χ3n) is 5.76. The fraction of sp³-hybridized carbons (Fsp3) is 0. The Bertz CT molecular complexity index is 1420. The van der Waals surface area contributed by atoms with Crippen LogP contribution in [-0.2, 0) is 4.74 Å². The van der Waals surface area contributed by atoms with E-state index in [9.17, 15) is 4.79 Å². The van der Waals surface area contributed by atoms with Crippen molar-refractivity contribution in [1.29, 1.82) is 0 Å². The predicted molar refractivity (Wildman–Crippen MR) is 130 cm³/mol. The standard InChI is InChI=1S/C29H18O2Se/c30-29-24-18-10-8-16-22(24)27(31-29)26-21-15-7-9-17-23(21)28(32-20-13-5-2-6-14-20)25(26)19-11-3-1-4-12-19/h1-18H/b27-26-. The first-order valence-electron chi connectivity index (χ1n) is 10.5. The van der Waals surface area contributed by atoms with Gasteiger partial charge in [0, 0.05) is 0 Å². The van der Waals surface area contributed by atoms with Crippen molar-refractivity contribution in [2.24, 2.45) is 0 Å². The molecule has 0 unspecified atom stereocenters. The molecule has 2 aliphatic rings. The van der Waals surface area contributed by atoms with E-state index in [1.165, 1.54) is 14.5 Å². The maximum atomic E-state index is 12.7. The van der Waals surface area contributed by atoms with E-state index in [1.54, 1.807) is 0 Å². The minimum atomic E-state index is -0.282. The molecule has 1 aliphatic heterocycles. The second kappa shape index (κ2) is 7.80. The van der Waals surface area contributed by atoms with Gasteiger partial charge in [-0.15, -0.1) is 0 Å². The molecule has 0 spiro atoms. The second-order valence-corrected chi connectivity index (χ2v) is 9.94. The molecule has 0 saturated heterocycles. The van der Waals surface area contributed by atoms with Crippen LogP contribution in [0.5, 0.6) is 0 Å². The number of ether oxygens (including phenoxy) is 1. The Morgan fingerprint density at radius 3 is 1.81 bits per heavy atom. The summed E-state index contributed by atoms with van der Waals surface area (Å²) in [5, 5.41) is 0. The second-order valence-electron chi connectivity index (χ2n) is 7.67. The number of carbonyl (C=O) groups excluding carboxylic acids is 1. The Morgan fingerprint density at radius 1 is 0.531 bits per heavy atom. The van der Waals surface area contributed by atoms with Crippen molar-refractivity contribution in [2.45, 2.75) is 0 Å². The molecule has 0 radical (unpaired) electrons. The average molecular weight is 477 g/mol. The average Bonchev–Trinajstić information content (AvgIpc) is 3.35. The molecule has 4 aromatic carbocycles. The van der Waals surface area contributed by atoms with Crippen LogP contribution >= 0.6 is 0 Å². The van der Waals surface area contributed by atoms with Gasteiger partial charge in [-0.2, -0.15) is 0 Å². The molecule has 1 heterocycles. The van der Waals surface area contributed by atoms with Crippen LogP contribution in [0.2, 0.25) is 0 Å². The van der Waals surface area contributed by atoms with Crippen LogP contribution in [0.4, 0.5) is 0 Å². The van der Waals surface area contributed by atoms with E-state index in [1.807, 2.05) is 30.3 Å². The van der Waals surface area contributed by atoms with Crippen LogP contribution in [-0.4, -0.2) is 20.9 Å². The molecule has 1 aliphatic carbocycles. The van der Waals surface area contributed by atoms with Crippen molar-refractivity contribution in [3.05, 3.63) is 137 Å². The predicted octanol–water partition coefficient (Wildman–Crippen LogP) is 5.64. The molecule has 32 heavy (non-hydrogen) atoms. The molecule has 0 bridgehead atoms. The first-order valence-corrected chi connectivity index (χ1v) is 12.2. The Morgan fingerprint density at radius 2 is 1.09 bits per heavy atom. The molecule has 2 nitrogen and oxygen atoms in total. The SMILES string of the molecule is O=C1O/C(=C2\C(c3ccccc3)=C([Se]c3ccccc3)c3ccccc32)c2ccccc21. The summed E-state index contributed by atoms with van der Waals surface area (Å²) in [5.74, 6) is 0.380. The Labute approximate surface area is 193 Å². The Hall–Kier alpha value is -3.65. The van der Waals surface area contributed by atoms with Crippen molar-refractivity contribution in [3.63, 3.8) is 0 Å². The number of hydrogen-bond acceptors (Lipinski definition) is 2. The van der Waals surface area contributed by atoms with E-state index in [-0.39, 0.29) is 20.9 Å². The summed E-state index contributed by atoms with van der Waals surface area (Å²) >= 11 is 0.0903. The minimum absolute atomic E-state index is 0.0903. The quantitative estimate of drug-likeness (QED) is 0.282. The van der Waals surface area contributed by atoms with E-state index in [4.69, 9.17) is 4.74 Å². The van der Waals surface area contributed by atoms with Crippen molar-refractivity contribution in [1.82, 2.24) is 0 Å². The number of hydrogen-bond donors (Lipinski definition) is 0. The molecule has 0 N–H and O–H groups in total. The Kier molecular flexibility index (Phi) is 4.65. The number of rotatable bonds is 3. The summed E-state index contributed by atoms with van der Waals surface area (Å²) in [6, 6.07) is 37.2. The summed E-state index contributed by atoms with van der Waals surface area (Å²) in [4.78, 5) is 12.7. The van der Waals surface area contributed by atoms with E-state index in [0.717, 1.165) is 27.8 Å². The van der Waals surface area contributed by atoms with Crippen molar-refractivity contribution in [3.8, 4) is 0 Å². The van der Waals surface area contributed by atoms with Crippen LogP contribution in [0.1, 0.15) is 32.6 Å². The number of esters is 1. The number of fused-ring (bicyclic) bond motifs is 2. The van der Waals surface area contributed by atoms with Gasteiger partial charge in [-0.3, -0.25) is 0 Å². The molecule has 6 rings (SSSR count). The van der Waals surface area contributed by atoms with Crippen LogP contribution in [0, 0.1) is 0 Å². The van der Waals surface area contributed by atoms with Crippen LogP contribution < -0.4 is 4.46 Å². The van der Waals surface area contributed by atoms with Gasteiger partial charge in [-0.05, 0) is 0 Å². The molecule has 3 heteroatoms. The topological polar surface area (TPSA) is 26.3 Å². The maximum absolute atomic E-state index is 12.7. The van der Waals surface area contributed by atoms with Gasteiger partial charge in [0.05, 0.1) is 0 Å². The molecule has 0 amide bonds. The van der Waals surface area contributed by atoms with Crippen molar-refractivity contribution in [2.75, 3.05) is 0 Å². The van der Waals surface area contributed by atoms with Gasteiger partial charge in [-0.1, -0.05) is 0 Å². The summed E-state index contributed by atoms with van der Waals surface area (Å²) in [6.07, 6.45) is 0. The van der Waals surface area contributed by atoms with Gasteiger partial charge in [0.15, 0.2) is 0 Å². The monoisotopic (exact) mass is 478 g/mol. The van der Waals surface area contributed by atoms with E-state index in [2.05, 4.69) is 78.9 Å². The molecule has 152 valence electrons. The summed E-state index contributed by atoms with van der Waals surface area (Å²) in [6.45, 7) is 0. The van der Waals surface area contributed by atoms with E-state index >= 15 is 0 Å². The fourth-order valence-electron chi connectivity index (χ4n) is 4.36. The zero-order valence-electron chi connectivity index (χ0n) is 17.1. The van der Waals surface area contributed by atoms with E-state index in [0.29, 0.717) is 11.3 Å². The molecular weight excluding hydrogens is 459 g/mol. The summed E-state index contributed by atoms with van der Waals surface area (Å²) in [7, 11) is 0. The summed E-state index contributed by atoms with van der Waals surface area (Å²) < 4.78 is 8.56. The number of cyclic esters (lactones) is 1. The third-order valence-corrected chi connectivity index (χ3v) is 8.14. The zero-order chi connectivity index (χ0) is 21.5. The Balaban J connectivity index is 1.68. The molecule has 4 aromatic rings. The molecule has 0 fully saturated rings. The van der Waals surface area contributed by atoms with Gasteiger partial charge in [0.25, 0.3) is 0 Å². The number of carbonyl (C=O) groups is 1. The molecule has 0 saturated carbocycles. The van der Waals surface area contributed by atoms with Gasteiger partial charge >= 0.3 is 193 Å². The van der Waals surface area contributed by atoms with Crippen LogP contribution in [0.3, 0.4) is 0 Å². The first kappa shape index (κ1) is 19.1. The van der Waals surface area contributed by atoms with Crippen molar-refractivity contribution >= 4 is 46.8 Å².